The first-order valence-corrected chi connectivity index (χ1v) is 9.78. The maximum absolute atomic E-state index is 2.41. The highest BCUT2D eigenvalue weighted by Gasteiger charge is 2.37. The van der Waals surface area contributed by atoms with E-state index in [1.165, 1.54) is 46.6 Å². The minimum absolute atomic E-state index is 0.231. The highest BCUT2D eigenvalue weighted by atomic mass is 32.2. The molecule has 0 spiro atoms. The monoisotopic (exact) mass is 311 g/mol. The zero-order chi connectivity index (χ0) is 15.5. The Bertz CT molecular complexity index is 543. The smallest absolute Gasteiger partial charge is 0.0625 e. The topological polar surface area (TPSA) is 0 Å². The second-order valence-electron chi connectivity index (χ2n) is 6.85. The van der Waals surface area contributed by atoms with Crippen molar-refractivity contribution in [2.24, 2.45) is 5.92 Å². The summed E-state index contributed by atoms with van der Waals surface area (Å²) in [5, 5.41) is 0.821. The fraction of sp³-hybridized carbons (Fsp3) is 0.429. The standard InChI is InChI=1S/C21H27S/c1-16-4-10-19(11-5-16)22(20-12-6-17(2)7-13-20)21-14-8-18(3)9-15-21/h4-7,10-13,18,21H,8-9,14-15H2,1-3H3/q+1. The first kappa shape index (κ1) is 15.7. The van der Waals surface area contributed by atoms with Crippen molar-refractivity contribution in [2.75, 3.05) is 0 Å². The third-order valence-corrected chi connectivity index (χ3v) is 7.54. The lowest BCUT2D eigenvalue weighted by atomic mass is 9.91. The largest absolute Gasteiger partial charge is 0.161 e. The Balaban J connectivity index is 1.94. The number of benzene rings is 2. The zero-order valence-electron chi connectivity index (χ0n) is 14.0. The van der Waals surface area contributed by atoms with Gasteiger partial charge in [-0.15, -0.1) is 0 Å². The van der Waals surface area contributed by atoms with E-state index in [2.05, 4.69) is 69.3 Å². The van der Waals surface area contributed by atoms with E-state index >= 15 is 0 Å². The van der Waals surface area contributed by atoms with Crippen LogP contribution in [0.2, 0.25) is 0 Å². The molecule has 1 aliphatic carbocycles. The minimum atomic E-state index is 0.231. The molecule has 1 aliphatic rings. The van der Waals surface area contributed by atoms with Gasteiger partial charge in [-0.2, -0.15) is 0 Å². The molecule has 1 fully saturated rings. The van der Waals surface area contributed by atoms with E-state index in [0.29, 0.717) is 0 Å². The molecule has 0 amide bonds. The number of hydrogen-bond donors (Lipinski definition) is 0. The Hall–Kier alpha value is -1.21. The van der Waals surface area contributed by atoms with Crippen LogP contribution in [0.25, 0.3) is 0 Å². The molecule has 3 rings (SSSR count). The highest BCUT2D eigenvalue weighted by molar-refractivity contribution is 7.97. The average Bonchev–Trinajstić information content (AvgIpc) is 2.53. The fourth-order valence-corrected chi connectivity index (χ4v) is 6.00. The summed E-state index contributed by atoms with van der Waals surface area (Å²) in [5.74, 6) is 0.915. The zero-order valence-corrected chi connectivity index (χ0v) is 14.8. The predicted octanol–water partition coefficient (Wildman–Crippen LogP) is 5.92. The van der Waals surface area contributed by atoms with Crippen LogP contribution in [0.15, 0.2) is 58.3 Å². The van der Waals surface area contributed by atoms with E-state index in [0.717, 1.165) is 11.2 Å². The molecule has 1 saturated carbocycles. The molecule has 22 heavy (non-hydrogen) atoms. The van der Waals surface area contributed by atoms with Crippen LogP contribution in [0.4, 0.5) is 0 Å². The first-order chi connectivity index (χ1) is 10.6. The first-order valence-electron chi connectivity index (χ1n) is 8.50. The third kappa shape index (κ3) is 3.57. The second kappa shape index (κ2) is 6.91. The molecule has 0 aliphatic heterocycles. The fourth-order valence-electron chi connectivity index (χ4n) is 3.36. The molecule has 0 atom stereocenters. The summed E-state index contributed by atoms with van der Waals surface area (Å²) in [7, 11) is 0.231. The molecule has 2 aromatic carbocycles. The quantitative estimate of drug-likeness (QED) is 0.617. The van der Waals surface area contributed by atoms with E-state index in [-0.39, 0.29) is 10.9 Å². The summed E-state index contributed by atoms with van der Waals surface area (Å²) in [6, 6.07) is 18.5. The Morgan fingerprint density at radius 1 is 0.682 bits per heavy atom. The predicted molar refractivity (Wildman–Crippen MR) is 97.7 cm³/mol. The van der Waals surface area contributed by atoms with Crippen LogP contribution in [0, 0.1) is 19.8 Å². The normalized spacial score (nSPS) is 22.0. The summed E-state index contributed by atoms with van der Waals surface area (Å²) in [5.41, 5.74) is 2.71. The minimum Gasteiger partial charge on any atom is -0.0625 e. The van der Waals surface area contributed by atoms with Gasteiger partial charge in [-0.05, 0) is 69.7 Å². The van der Waals surface area contributed by atoms with E-state index in [9.17, 15) is 0 Å². The molecule has 0 saturated heterocycles. The van der Waals surface area contributed by atoms with Gasteiger partial charge in [0.15, 0.2) is 9.79 Å². The third-order valence-electron chi connectivity index (χ3n) is 4.85. The Morgan fingerprint density at radius 2 is 1.09 bits per heavy atom. The van der Waals surface area contributed by atoms with Gasteiger partial charge in [0.25, 0.3) is 0 Å². The van der Waals surface area contributed by atoms with Crippen molar-refractivity contribution in [1.29, 1.82) is 0 Å². The number of rotatable bonds is 3. The van der Waals surface area contributed by atoms with E-state index in [4.69, 9.17) is 0 Å². The molecular formula is C21H27S+. The summed E-state index contributed by atoms with van der Waals surface area (Å²) in [4.78, 5) is 3.04. The molecular weight excluding hydrogens is 284 g/mol. The van der Waals surface area contributed by atoms with Crippen molar-refractivity contribution in [3.63, 3.8) is 0 Å². The van der Waals surface area contributed by atoms with Gasteiger partial charge in [-0.1, -0.05) is 42.3 Å². The molecule has 116 valence electrons. The molecule has 0 bridgehead atoms. The highest BCUT2D eigenvalue weighted by Crippen LogP contribution is 2.37. The van der Waals surface area contributed by atoms with Gasteiger partial charge in [0.2, 0.25) is 0 Å². The van der Waals surface area contributed by atoms with E-state index < -0.39 is 0 Å². The maximum Gasteiger partial charge on any atom is 0.161 e. The van der Waals surface area contributed by atoms with Gasteiger partial charge < -0.3 is 0 Å². The average molecular weight is 312 g/mol. The van der Waals surface area contributed by atoms with Gasteiger partial charge in [0, 0.05) is 0 Å². The molecule has 0 heterocycles. The van der Waals surface area contributed by atoms with Crippen molar-refractivity contribution >= 4 is 10.9 Å². The van der Waals surface area contributed by atoms with Gasteiger partial charge in [0.1, 0.15) is 5.25 Å². The van der Waals surface area contributed by atoms with E-state index in [1.807, 2.05) is 0 Å². The van der Waals surface area contributed by atoms with Gasteiger partial charge in [0.05, 0.1) is 10.9 Å². The summed E-state index contributed by atoms with van der Waals surface area (Å²) in [6.45, 7) is 6.76. The van der Waals surface area contributed by atoms with Crippen molar-refractivity contribution in [1.82, 2.24) is 0 Å². The Morgan fingerprint density at radius 3 is 1.50 bits per heavy atom. The van der Waals surface area contributed by atoms with Crippen molar-refractivity contribution in [3.8, 4) is 0 Å². The molecule has 0 nitrogen and oxygen atoms in total. The second-order valence-corrected chi connectivity index (χ2v) is 9.13. The van der Waals surface area contributed by atoms with Crippen molar-refractivity contribution in [3.05, 3.63) is 59.7 Å². The summed E-state index contributed by atoms with van der Waals surface area (Å²) >= 11 is 0. The van der Waals surface area contributed by atoms with Crippen LogP contribution in [0.3, 0.4) is 0 Å². The number of aryl methyl sites for hydroxylation is 2. The lowest BCUT2D eigenvalue weighted by molar-refractivity contribution is 0.391. The van der Waals surface area contributed by atoms with Crippen LogP contribution in [0.5, 0.6) is 0 Å². The molecule has 0 unspecified atom stereocenters. The summed E-state index contributed by atoms with van der Waals surface area (Å²) in [6.07, 6.45) is 5.55. The van der Waals surface area contributed by atoms with Crippen LogP contribution >= 0.6 is 0 Å². The molecule has 0 N–H and O–H groups in total. The van der Waals surface area contributed by atoms with Crippen molar-refractivity contribution in [2.45, 2.75) is 61.5 Å². The molecule has 1 heteroatoms. The maximum atomic E-state index is 2.41. The van der Waals surface area contributed by atoms with Crippen LogP contribution in [0.1, 0.15) is 43.7 Å². The molecule has 0 radical (unpaired) electrons. The molecule has 0 aromatic heterocycles. The molecule has 2 aromatic rings. The van der Waals surface area contributed by atoms with Crippen LogP contribution in [-0.2, 0) is 10.9 Å². The van der Waals surface area contributed by atoms with E-state index in [1.54, 1.807) is 0 Å². The lowest BCUT2D eigenvalue weighted by Crippen LogP contribution is -2.27. The van der Waals surface area contributed by atoms with Gasteiger partial charge in [-0.25, -0.2) is 0 Å². The number of hydrogen-bond acceptors (Lipinski definition) is 0. The van der Waals surface area contributed by atoms with Gasteiger partial charge >= 0.3 is 0 Å². The van der Waals surface area contributed by atoms with Crippen LogP contribution < -0.4 is 0 Å². The Kier molecular flexibility index (Phi) is 4.93. The lowest BCUT2D eigenvalue weighted by Gasteiger charge is -2.26. The Labute approximate surface area is 138 Å². The SMILES string of the molecule is Cc1ccc([S+](c2ccc(C)cc2)C2CCC(C)CC2)cc1. The van der Waals surface area contributed by atoms with Crippen LogP contribution in [-0.4, -0.2) is 5.25 Å². The van der Waals surface area contributed by atoms with Gasteiger partial charge in [-0.3, -0.25) is 0 Å². The van der Waals surface area contributed by atoms with Crippen molar-refractivity contribution < 1.29 is 0 Å². The summed E-state index contributed by atoms with van der Waals surface area (Å²) < 4.78 is 0.